The lowest BCUT2D eigenvalue weighted by Gasteiger charge is -2.29. The number of nitrogens with zero attached hydrogens (tertiary/aromatic N) is 1. The minimum Gasteiger partial charge on any atom is -0.464 e. The average molecular weight is 352 g/mol. The van der Waals surface area contributed by atoms with E-state index in [1.54, 1.807) is 11.8 Å². The highest BCUT2D eigenvalue weighted by molar-refractivity contribution is 7.80. The highest BCUT2D eigenvalue weighted by atomic mass is 32.1. The van der Waals surface area contributed by atoms with Crippen LogP contribution in [0.25, 0.3) is 0 Å². The predicted molar refractivity (Wildman–Crippen MR) is 101 cm³/mol. The molecule has 0 aliphatic carbocycles. The van der Waals surface area contributed by atoms with Crippen LogP contribution in [0.5, 0.6) is 0 Å². The van der Waals surface area contributed by atoms with Crippen molar-refractivity contribution < 1.29 is 14.3 Å². The Balaban J connectivity index is 3.02. The van der Waals surface area contributed by atoms with Crippen molar-refractivity contribution in [3.63, 3.8) is 0 Å². The van der Waals surface area contributed by atoms with Crippen molar-refractivity contribution >= 4 is 24.5 Å². The molecule has 0 fully saturated rings. The molecule has 0 saturated heterocycles. The Kier molecular flexibility index (Phi) is 8.32. The summed E-state index contributed by atoms with van der Waals surface area (Å²) in [6.45, 7) is 10.5. The Labute approximate surface area is 151 Å². The number of carbonyl (C=O) groups excluding carboxylic acids is 2. The molecule has 134 valence electrons. The van der Waals surface area contributed by atoms with Crippen molar-refractivity contribution in [3.8, 4) is 0 Å². The maximum Gasteiger partial charge on any atom is 0.328 e. The molecule has 0 saturated carbocycles. The van der Waals surface area contributed by atoms with Gasteiger partial charge in [0, 0.05) is 6.54 Å². The first-order chi connectivity index (χ1) is 11.3. The van der Waals surface area contributed by atoms with Crippen LogP contribution in [-0.2, 0) is 20.7 Å². The Morgan fingerprint density at radius 2 is 1.75 bits per heavy atom. The summed E-state index contributed by atoms with van der Waals surface area (Å²) in [4.78, 5) is 26.7. The molecule has 0 N–H and O–H groups in total. The third-order valence-corrected chi connectivity index (χ3v) is 4.43. The van der Waals surface area contributed by atoms with E-state index in [4.69, 9.17) is 4.74 Å². The van der Waals surface area contributed by atoms with E-state index in [-0.39, 0.29) is 11.9 Å². The van der Waals surface area contributed by atoms with Gasteiger partial charge in [0.15, 0.2) is 0 Å². The molecule has 0 bridgehead atoms. The van der Waals surface area contributed by atoms with E-state index in [0.717, 1.165) is 16.7 Å². The van der Waals surface area contributed by atoms with Crippen LogP contribution in [0.2, 0.25) is 0 Å². The minimum absolute atomic E-state index is 0.0487. The van der Waals surface area contributed by atoms with Gasteiger partial charge in [-0.15, -0.1) is 0 Å². The summed E-state index contributed by atoms with van der Waals surface area (Å²) >= 11 is 4.22. The summed E-state index contributed by atoms with van der Waals surface area (Å²) in [6.07, 6.45) is 0.793. The van der Waals surface area contributed by atoms with E-state index >= 15 is 0 Å². The second-order valence-corrected chi connectivity index (χ2v) is 6.46. The lowest BCUT2D eigenvalue weighted by atomic mass is 9.96. The van der Waals surface area contributed by atoms with Gasteiger partial charge in [-0.25, -0.2) is 4.79 Å². The molecule has 0 radical (unpaired) electrons. The predicted octanol–water partition coefficient (Wildman–Crippen LogP) is 3.25. The van der Waals surface area contributed by atoms with Crippen molar-refractivity contribution in [2.45, 2.75) is 53.5 Å². The molecule has 0 aliphatic rings. The number of likely N-dealkylation sites (N-methyl/N-ethyl adjacent to an activating group) is 1. The number of aryl methyl sites for hydroxylation is 3. The number of esters is 1. The first-order valence-corrected chi connectivity index (χ1v) is 9.12. The summed E-state index contributed by atoms with van der Waals surface area (Å²) in [5, 5.41) is 0. The molecule has 0 aromatic heterocycles. The second-order valence-electron chi connectivity index (χ2n) is 6.01. The zero-order valence-corrected chi connectivity index (χ0v) is 16.3. The molecule has 1 atom stereocenters. The summed E-state index contributed by atoms with van der Waals surface area (Å²) in [5.74, 6) is 0.127. The van der Waals surface area contributed by atoms with Crippen molar-refractivity contribution in [2.75, 3.05) is 18.9 Å². The Hall–Kier alpha value is -1.49. The van der Waals surface area contributed by atoms with E-state index < -0.39 is 6.04 Å². The summed E-state index contributed by atoms with van der Waals surface area (Å²) in [6, 6.07) is 3.61. The van der Waals surface area contributed by atoms with Crippen LogP contribution in [0.3, 0.4) is 0 Å². The lowest BCUT2D eigenvalue weighted by Crippen LogP contribution is -2.46. The third-order valence-electron chi connectivity index (χ3n) is 4.17. The molecule has 24 heavy (non-hydrogen) atoms. The van der Waals surface area contributed by atoms with Gasteiger partial charge in [0.05, 0.1) is 13.0 Å². The van der Waals surface area contributed by atoms with Crippen molar-refractivity contribution in [1.29, 1.82) is 0 Å². The molecule has 4 nitrogen and oxygen atoms in total. The number of hydrogen-bond donors (Lipinski definition) is 1. The molecule has 1 unspecified atom stereocenters. The van der Waals surface area contributed by atoms with Gasteiger partial charge in [0.2, 0.25) is 5.91 Å². The number of rotatable bonds is 8. The number of benzene rings is 1. The van der Waals surface area contributed by atoms with Gasteiger partial charge in [0.25, 0.3) is 0 Å². The fourth-order valence-electron chi connectivity index (χ4n) is 3.07. The Morgan fingerprint density at radius 1 is 1.17 bits per heavy atom. The van der Waals surface area contributed by atoms with E-state index in [0.29, 0.717) is 31.7 Å². The van der Waals surface area contributed by atoms with E-state index in [1.165, 1.54) is 5.56 Å². The zero-order chi connectivity index (χ0) is 18.3. The molecule has 1 rings (SSSR count). The minimum atomic E-state index is -0.564. The molecular formula is C19H29NO3S. The maximum atomic E-state index is 12.9. The quantitative estimate of drug-likeness (QED) is 0.578. The molecule has 0 heterocycles. The van der Waals surface area contributed by atoms with Crippen LogP contribution in [0.1, 0.15) is 42.5 Å². The number of amides is 1. The van der Waals surface area contributed by atoms with Gasteiger partial charge in [-0.05, 0) is 63.5 Å². The topological polar surface area (TPSA) is 46.6 Å². The van der Waals surface area contributed by atoms with Gasteiger partial charge < -0.3 is 9.64 Å². The van der Waals surface area contributed by atoms with Crippen molar-refractivity contribution in [2.24, 2.45) is 0 Å². The zero-order valence-electron chi connectivity index (χ0n) is 15.4. The van der Waals surface area contributed by atoms with E-state index in [2.05, 4.69) is 24.8 Å². The number of hydrogen-bond acceptors (Lipinski definition) is 4. The molecule has 0 aliphatic heterocycles. The number of thiol groups is 1. The van der Waals surface area contributed by atoms with Crippen LogP contribution in [0.4, 0.5) is 0 Å². The normalized spacial score (nSPS) is 11.9. The smallest absolute Gasteiger partial charge is 0.328 e. The van der Waals surface area contributed by atoms with Gasteiger partial charge in [-0.3, -0.25) is 4.79 Å². The molecule has 1 aromatic rings. The highest BCUT2D eigenvalue weighted by Gasteiger charge is 2.29. The number of ether oxygens (including phenoxy) is 1. The lowest BCUT2D eigenvalue weighted by molar-refractivity contribution is -0.154. The first kappa shape index (κ1) is 20.6. The SMILES string of the molecule is CCOC(=O)C(CCS)N(CC)C(=O)Cc1c(C)cc(C)cc1C. The highest BCUT2D eigenvalue weighted by Crippen LogP contribution is 2.19. The Morgan fingerprint density at radius 3 is 2.21 bits per heavy atom. The summed E-state index contributed by atoms with van der Waals surface area (Å²) in [7, 11) is 0. The molecule has 5 heteroatoms. The second kappa shape index (κ2) is 9.72. The number of carbonyl (C=O) groups is 2. The maximum absolute atomic E-state index is 12.9. The van der Waals surface area contributed by atoms with Gasteiger partial charge in [-0.1, -0.05) is 17.7 Å². The van der Waals surface area contributed by atoms with Gasteiger partial charge in [0.1, 0.15) is 6.04 Å². The summed E-state index contributed by atoms with van der Waals surface area (Å²) < 4.78 is 5.14. The first-order valence-electron chi connectivity index (χ1n) is 8.49. The van der Waals surface area contributed by atoms with Crippen molar-refractivity contribution in [3.05, 3.63) is 34.4 Å². The molecule has 1 aromatic carbocycles. The van der Waals surface area contributed by atoms with E-state index in [1.807, 2.05) is 27.7 Å². The van der Waals surface area contributed by atoms with Gasteiger partial charge >= 0.3 is 5.97 Å². The largest absolute Gasteiger partial charge is 0.464 e. The van der Waals surface area contributed by atoms with Crippen molar-refractivity contribution in [1.82, 2.24) is 4.90 Å². The standard InChI is InChI=1S/C19H29NO3S/c1-6-20(17(8-9-24)19(22)23-7-2)18(21)12-16-14(4)10-13(3)11-15(16)5/h10-11,17,24H,6-9,12H2,1-5H3. The fraction of sp³-hybridized carbons (Fsp3) is 0.579. The summed E-state index contributed by atoms with van der Waals surface area (Å²) in [5.41, 5.74) is 4.45. The van der Waals surface area contributed by atoms with Crippen LogP contribution >= 0.6 is 12.6 Å². The van der Waals surface area contributed by atoms with Crippen LogP contribution in [0.15, 0.2) is 12.1 Å². The molecule has 0 spiro atoms. The Bertz CT molecular complexity index is 563. The van der Waals surface area contributed by atoms with E-state index in [9.17, 15) is 9.59 Å². The van der Waals surface area contributed by atoms with Gasteiger partial charge in [-0.2, -0.15) is 12.6 Å². The fourth-order valence-corrected chi connectivity index (χ4v) is 3.32. The average Bonchev–Trinajstić information content (AvgIpc) is 2.50. The molecule has 1 amide bonds. The molecular weight excluding hydrogens is 322 g/mol. The van der Waals surface area contributed by atoms with Crippen LogP contribution < -0.4 is 0 Å². The van der Waals surface area contributed by atoms with Crippen LogP contribution in [-0.4, -0.2) is 41.7 Å². The third kappa shape index (κ3) is 5.26. The monoisotopic (exact) mass is 351 g/mol. The van der Waals surface area contributed by atoms with Crippen LogP contribution in [0, 0.1) is 20.8 Å².